The largest absolute Gasteiger partial charge is 0.355 e. The van der Waals surface area contributed by atoms with E-state index in [0.717, 1.165) is 36.6 Å². The normalized spacial score (nSPS) is 17.2. The lowest BCUT2D eigenvalue weighted by molar-refractivity contribution is 0.0936. The molecule has 1 aliphatic rings. The zero-order valence-electron chi connectivity index (χ0n) is 14.3. The number of piperidine rings is 1. The molecule has 0 spiro atoms. The van der Waals surface area contributed by atoms with E-state index in [-0.39, 0.29) is 5.91 Å². The van der Waals surface area contributed by atoms with Crippen LogP contribution in [-0.4, -0.2) is 35.7 Å². The molecule has 4 rings (SSSR count). The second-order valence-corrected chi connectivity index (χ2v) is 7.29. The van der Waals surface area contributed by atoms with Crippen LogP contribution in [0.1, 0.15) is 23.3 Å². The van der Waals surface area contributed by atoms with Crippen molar-refractivity contribution in [1.29, 1.82) is 0 Å². The van der Waals surface area contributed by atoms with Crippen molar-refractivity contribution in [2.24, 2.45) is 5.92 Å². The van der Waals surface area contributed by atoms with E-state index < -0.39 is 0 Å². The summed E-state index contributed by atoms with van der Waals surface area (Å²) in [6.07, 6.45) is 4.05. The van der Waals surface area contributed by atoms with Gasteiger partial charge < -0.3 is 14.7 Å². The van der Waals surface area contributed by atoms with Crippen molar-refractivity contribution in [3.8, 4) is 11.3 Å². The number of thiazole rings is 1. The van der Waals surface area contributed by atoms with Gasteiger partial charge in [-0.2, -0.15) is 0 Å². The number of nitrogens with one attached hydrogen (secondary N) is 1. The molecule has 1 aliphatic heterocycles. The Labute approximate surface area is 155 Å². The highest BCUT2D eigenvalue weighted by Crippen LogP contribution is 2.24. The number of carbonyl (C=O) groups is 1. The van der Waals surface area contributed by atoms with E-state index >= 15 is 0 Å². The Morgan fingerprint density at radius 3 is 3.04 bits per heavy atom. The third-order valence-corrected chi connectivity index (χ3v) is 5.39. The number of hydrogen-bond donors (Lipinski definition) is 1. The van der Waals surface area contributed by atoms with Crippen LogP contribution < -0.4 is 10.2 Å². The molecule has 1 unspecified atom stereocenters. The zero-order valence-corrected chi connectivity index (χ0v) is 15.1. The van der Waals surface area contributed by atoms with Crippen LogP contribution in [0.25, 0.3) is 11.3 Å². The number of hydrogen-bond acceptors (Lipinski definition) is 6. The number of carbonyl (C=O) groups excluding carboxylic acids is 1. The van der Waals surface area contributed by atoms with Crippen LogP contribution in [-0.2, 0) is 0 Å². The maximum absolute atomic E-state index is 12.4. The molecule has 134 valence electrons. The molecule has 0 bridgehead atoms. The van der Waals surface area contributed by atoms with Crippen molar-refractivity contribution in [2.45, 2.75) is 12.8 Å². The predicted octanol–water partition coefficient (Wildman–Crippen LogP) is 3.44. The summed E-state index contributed by atoms with van der Waals surface area (Å²) < 4.78 is 5.30. The second kappa shape index (κ2) is 7.70. The first-order valence-corrected chi connectivity index (χ1v) is 9.62. The first-order valence-electron chi connectivity index (χ1n) is 8.74. The number of benzene rings is 1. The van der Waals surface area contributed by atoms with Crippen LogP contribution in [0.2, 0.25) is 0 Å². The number of rotatable bonds is 5. The maximum Gasteiger partial charge on any atom is 0.273 e. The molecule has 0 radical (unpaired) electrons. The van der Waals surface area contributed by atoms with Gasteiger partial charge in [0.05, 0.1) is 0 Å². The van der Waals surface area contributed by atoms with Gasteiger partial charge in [-0.1, -0.05) is 35.5 Å². The molecule has 1 amide bonds. The topological polar surface area (TPSA) is 71.3 Å². The van der Waals surface area contributed by atoms with Gasteiger partial charge >= 0.3 is 0 Å². The second-order valence-electron chi connectivity index (χ2n) is 6.42. The fraction of sp³-hybridized carbons (Fsp3) is 0.316. The Kier molecular flexibility index (Phi) is 4.97. The van der Waals surface area contributed by atoms with Gasteiger partial charge in [0.2, 0.25) is 0 Å². The van der Waals surface area contributed by atoms with Crippen molar-refractivity contribution < 1.29 is 9.32 Å². The van der Waals surface area contributed by atoms with Crippen molar-refractivity contribution in [3.05, 3.63) is 53.7 Å². The molecule has 6 nitrogen and oxygen atoms in total. The van der Waals surface area contributed by atoms with Gasteiger partial charge in [0.25, 0.3) is 5.91 Å². The van der Waals surface area contributed by atoms with Crippen molar-refractivity contribution in [3.63, 3.8) is 0 Å². The smallest absolute Gasteiger partial charge is 0.273 e. The van der Waals surface area contributed by atoms with Gasteiger partial charge in [0, 0.05) is 42.8 Å². The molecule has 3 heterocycles. The molecular weight excluding hydrogens is 348 g/mol. The molecule has 1 aromatic carbocycles. The number of nitrogens with zero attached hydrogens (tertiary/aromatic N) is 3. The van der Waals surface area contributed by atoms with Crippen molar-refractivity contribution >= 4 is 22.4 Å². The quantitative estimate of drug-likeness (QED) is 0.747. The third-order valence-electron chi connectivity index (χ3n) is 4.56. The van der Waals surface area contributed by atoms with E-state index in [4.69, 9.17) is 4.52 Å². The van der Waals surface area contributed by atoms with Crippen LogP contribution >= 0.6 is 11.3 Å². The average Bonchev–Trinajstić information content (AvgIpc) is 3.39. The molecule has 0 aliphatic carbocycles. The van der Waals surface area contributed by atoms with E-state index in [2.05, 4.69) is 20.4 Å². The van der Waals surface area contributed by atoms with Crippen molar-refractivity contribution in [2.75, 3.05) is 24.5 Å². The molecule has 1 fully saturated rings. The monoisotopic (exact) mass is 368 g/mol. The third kappa shape index (κ3) is 3.77. The summed E-state index contributed by atoms with van der Waals surface area (Å²) in [5.41, 5.74) is 1.22. The van der Waals surface area contributed by atoms with Gasteiger partial charge in [-0.25, -0.2) is 4.98 Å². The lowest BCUT2D eigenvalue weighted by Gasteiger charge is -2.32. The SMILES string of the molecule is O=C(NCC1CCCN(c2nccs2)C1)c1cc(-c2ccccc2)on1. The van der Waals surface area contributed by atoms with Gasteiger partial charge in [0.1, 0.15) is 0 Å². The minimum Gasteiger partial charge on any atom is -0.355 e. The first-order chi connectivity index (χ1) is 12.8. The Balaban J connectivity index is 1.33. The fourth-order valence-corrected chi connectivity index (χ4v) is 3.91. The molecule has 1 N–H and O–H groups in total. The summed E-state index contributed by atoms with van der Waals surface area (Å²) in [5.74, 6) is 0.822. The molecule has 1 atom stereocenters. The number of anilines is 1. The summed E-state index contributed by atoms with van der Waals surface area (Å²) in [7, 11) is 0. The van der Waals surface area contributed by atoms with Crippen LogP contribution in [0.5, 0.6) is 0 Å². The Morgan fingerprint density at radius 1 is 1.35 bits per heavy atom. The predicted molar refractivity (Wildman–Crippen MR) is 101 cm³/mol. The van der Waals surface area contributed by atoms with Gasteiger partial charge in [-0.05, 0) is 18.8 Å². The number of amides is 1. The highest BCUT2D eigenvalue weighted by molar-refractivity contribution is 7.13. The first kappa shape index (κ1) is 16.8. The summed E-state index contributed by atoms with van der Waals surface area (Å²) in [4.78, 5) is 19.1. The van der Waals surface area contributed by atoms with E-state index in [1.165, 1.54) is 0 Å². The van der Waals surface area contributed by atoms with E-state index in [9.17, 15) is 4.79 Å². The highest BCUT2D eigenvalue weighted by atomic mass is 32.1. The maximum atomic E-state index is 12.4. The Morgan fingerprint density at radius 2 is 2.23 bits per heavy atom. The van der Waals surface area contributed by atoms with E-state index in [1.54, 1.807) is 17.4 Å². The summed E-state index contributed by atoms with van der Waals surface area (Å²) in [6.45, 7) is 2.58. The zero-order chi connectivity index (χ0) is 17.8. The Bertz CT molecular complexity index is 848. The van der Waals surface area contributed by atoms with E-state index in [1.807, 2.05) is 41.9 Å². The summed E-state index contributed by atoms with van der Waals surface area (Å²) in [5, 5.41) is 9.96. The fourth-order valence-electron chi connectivity index (χ4n) is 3.23. The molecule has 26 heavy (non-hydrogen) atoms. The van der Waals surface area contributed by atoms with Gasteiger partial charge in [-0.15, -0.1) is 11.3 Å². The number of aromatic nitrogens is 2. The Hall–Kier alpha value is -2.67. The van der Waals surface area contributed by atoms with Gasteiger partial charge in [0.15, 0.2) is 16.6 Å². The van der Waals surface area contributed by atoms with Crippen LogP contribution in [0, 0.1) is 5.92 Å². The molecular formula is C19H20N4O2S. The van der Waals surface area contributed by atoms with Gasteiger partial charge in [-0.3, -0.25) is 4.79 Å². The minimum atomic E-state index is -0.192. The summed E-state index contributed by atoms with van der Waals surface area (Å²) >= 11 is 1.66. The van der Waals surface area contributed by atoms with Crippen molar-refractivity contribution in [1.82, 2.24) is 15.5 Å². The molecule has 0 saturated carbocycles. The molecule has 7 heteroatoms. The highest BCUT2D eigenvalue weighted by Gasteiger charge is 2.22. The minimum absolute atomic E-state index is 0.192. The lowest BCUT2D eigenvalue weighted by Crippen LogP contribution is -2.41. The molecule has 1 saturated heterocycles. The van der Waals surface area contributed by atoms with Crippen LogP contribution in [0.3, 0.4) is 0 Å². The molecule has 3 aromatic rings. The van der Waals surface area contributed by atoms with Crippen LogP contribution in [0.4, 0.5) is 5.13 Å². The lowest BCUT2D eigenvalue weighted by atomic mass is 9.98. The molecule has 2 aromatic heterocycles. The van der Waals surface area contributed by atoms with Crippen LogP contribution in [0.15, 0.2) is 52.5 Å². The standard InChI is InChI=1S/C19H20N4O2S/c24-18(16-11-17(25-22-16)15-6-2-1-3-7-15)21-12-14-5-4-9-23(13-14)19-20-8-10-26-19/h1-3,6-8,10-11,14H,4-5,9,12-13H2,(H,21,24). The average molecular weight is 368 g/mol. The summed E-state index contributed by atoms with van der Waals surface area (Å²) in [6, 6.07) is 11.3. The van der Waals surface area contributed by atoms with E-state index in [0.29, 0.717) is 23.9 Å².